The van der Waals surface area contributed by atoms with Gasteiger partial charge < -0.3 is 15.2 Å². The average Bonchev–Trinajstić information content (AvgIpc) is 3.27. The fraction of sp³-hybridized carbons (Fsp3) is 0.318. The Morgan fingerprint density at radius 3 is 2.86 bits per heavy atom. The standard InChI is InChI=1S/C22H23N3O3S/c1-14-10-23-19(22(27)25-18-6-7-28-11-21(18)26)9-17(14)8-15-2-4-16(5-3-15)20-12-29-13-24-20/h2-5,9-10,12-13,18,21,26H,6-8,11H2,1H3,(H,25,27)/t18-,21-/m1/s1. The number of carbonyl (C=O) groups excluding carboxylic acids is 1. The number of aliphatic hydroxyl groups is 1. The molecule has 29 heavy (non-hydrogen) atoms. The lowest BCUT2D eigenvalue weighted by molar-refractivity contribution is -0.0261. The van der Waals surface area contributed by atoms with Gasteiger partial charge in [0.05, 0.1) is 30.0 Å². The van der Waals surface area contributed by atoms with Crippen LogP contribution in [-0.2, 0) is 11.2 Å². The Balaban J connectivity index is 1.47. The molecule has 7 heteroatoms. The van der Waals surface area contributed by atoms with Crippen molar-refractivity contribution in [3.05, 3.63) is 69.8 Å². The quantitative estimate of drug-likeness (QED) is 0.677. The molecule has 1 aliphatic rings. The number of ether oxygens (including phenoxy) is 1. The van der Waals surface area contributed by atoms with Crippen LogP contribution in [0.1, 0.15) is 33.6 Å². The minimum atomic E-state index is -0.686. The molecule has 3 aromatic rings. The summed E-state index contributed by atoms with van der Waals surface area (Å²) in [7, 11) is 0. The predicted molar refractivity (Wildman–Crippen MR) is 112 cm³/mol. The Kier molecular flexibility index (Phi) is 5.99. The van der Waals surface area contributed by atoms with E-state index in [1.54, 1.807) is 17.5 Å². The predicted octanol–water partition coefficient (Wildman–Crippen LogP) is 2.98. The first-order valence-electron chi connectivity index (χ1n) is 9.60. The van der Waals surface area contributed by atoms with E-state index in [0.717, 1.165) is 27.9 Å². The van der Waals surface area contributed by atoms with Crippen molar-refractivity contribution in [3.8, 4) is 11.3 Å². The number of nitrogens with one attached hydrogen (secondary N) is 1. The summed E-state index contributed by atoms with van der Waals surface area (Å²) in [4.78, 5) is 21.2. The molecule has 3 heterocycles. The second kappa shape index (κ2) is 8.82. The van der Waals surface area contributed by atoms with Gasteiger partial charge in [0.15, 0.2) is 0 Å². The molecule has 0 saturated carbocycles. The summed E-state index contributed by atoms with van der Waals surface area (Å²) in [6, 6.07) is 9.85. The number of aliphatic hydroxyl groups excluding tert-OH is 1. The van der Waals surface area contributed by atoms with Gasteiger partial charge in [0.2, 0.25) is 0 Å². The van der Waals surface area contributed by atoms with Crippen LogP contribution in [-0.4, -0.2) is 46.3 Å². The molecule has 0 spiro atoms. The first kappa shape index (κ1) is 19.7. The maximum Gasteiger partial charge on any atom is 0.270 e. The maximum absolute atomic E-state index is 12.6. The number of nitrogens with zero attached hydrogens (tertiary/aromatic N) is 2. The van der Waals surface area contributed by atoms with Crippen LogP contribution in [0.15, 0.2) is 47.4 Å². The van der Waals surface area contributed by atoms with Crippen LogP contribution in [0.4, 0.5) is 0 Å². The number of rotatable bonds is 5. The highest BCUT2D eigenvalue weighted by Gasteiger charge is 2.26. The van der Waals surface area contributed by atoms with Gasteiger partial charge >= 0.3 is 0 Å². The molecule has 0 unspecified atom stereocenters. The van der Waals surface area contributed by atoms with Crippen LogP contribution < -0.4 is 5.32 Å². The van der Waals surface area contributed by atoms with Crippen molar-refractivity contribution < 1.29 is 14.6 Å². The number of hydrogen-bond acceptors (Lipinski definition) is 6. The number of aromatic nitrogens is 2. The third-order valence-electron chi connectivity index (χ3n) is 5.17. The SMILES string of the molecule is Cc1cnc(C(=O)N[C@@H]2CCOC[C@H]2O)cc1Cc1ccc(-c2cscn2)cc1. The molecule has 2 aromatic heterocycles. The van der Waals surface area contributed by atoms with Gasteiger partial charge in [-0.3, -0.25) is 9.78 Å². The van der Waals surface area contributed by atoms with E-state index in [0.29, 0.717) is 25.1 Å². The summed E-state index contributed by atoms with van der Waals surface area (Å²) in [6.45, 7) is 2.77. The Bertz CT molecular complexity index is 973. The van der Waals surface area contributed by atoms with E-state index >= 15 is 0 Å². The van der Waals surface area contributed by atoms with Crippen LogP contribution in [0.25, 0.3) is 11.3 Å². The fourth-order valence-electron chi connectivity index (χ4n) is 3.38. The van der Waals surface area contributed by atoms with Crippen molar-refractivity contribution >= 4 is 17.2 Å². The van der Waals surface area contributed by atoms with Crippen LogP contribution in [0.3, 0.4) is 0 Å². The number of thiazole rings is 1. The summed E-state index contributed by atoms with van der Waals surface area (Å²) in [5.41, 5.74) is 7.52. The molecule has 1 aliphatic heterocycles. The van der Waals surface area contributed by atoms with Crippen LogP contribution >= 0.6 is 11.3 Å². The number of benzene rings is 1. The van der Waals surface area contributed by atoms with Gasteiger partial charge in [-0.2, -0.15) is 0 Å². The Hall–Kier alpha value is -2.61. The summed E-state index contributed by atoms with van der Waals surface area (Å²) >= 11 is 1.58. The molecule has 0 radical (unpaired) electrons. The summed E-state index contributed by atoms with van der Waals surface area (Å²) in [5.74, 6) is -0.268. The summed E-state index contributed by atoms with van der Waals surface area (Å²) in [6.07, 6.45) is 2.35. The van der Waals surface area contributed by atoms with Crippen molar-refractivity contribution in [2.45, 2.75) is 31.9 Å². The molecule has 1 fully saturated rings. The first-order chi connectivity index (χ1) is 14.1. The van der Waals surface area contributed by atoms with Crippen LogP contribution in [0.5, 0.6) is 0 Å². The number of aryl methyl sites for hydroxylation is 1. The van der Waals surface area contributed by atoms with E-state index < -0.39 is 6.10 Å². The first-order valence-corrected chi connectivity index (χ1v) is 10.5. The number of hydrogen-bond donors (Lipinski definition) is 2. The van der Waals surface area contributed by atoms with Crippen LogP contribution in [0.2, 0.25) is 0 Å². The van der Waals surface area contributed by atoms with E-state index in [1.165, 1.54) is 0 Å². The monoisotopic (exact) mass is 409 g/mol. The zero-order valence-electron chi connectivity index (χ0n) is 16.2. The number of carbonyl (C=O) groups is 1. The lowest BCUT2D eigenvalue weighted by Crippen LogP contribution is -2.48. The Morgan fingerprint density at radius 1 is 1.31 bits per heavy atom. The molecular formula is C22H23N3O3S. The van der Waals surface area contributed by atoms with Gasteiger partial charge in [-0.25, -0.2) is 4.98 Å². The van der Waals surface area contributed by atoms with Gasteiger partial charge in [0.25, 0.3) is 5.91 Å². The molecular weight excluding hydrogens is 386 g/mol. The van der Waals surface area contributed by atoms with E-state index in [-0.39, 0.29) is 18.6 Å². The average molecular weight is 410 g/mol. The van der Waals surface area contributed by atoms with Gasteiger partial charge in [-0.15, -0.1) is 11.3 Å². The second-order valence-corrected chi connectivity index (χ2v) is 7.97. The van der Waals surface area contributed by atoms with Crippen molar-refractivity contribution in [2.24, 2.45) is 0 Å². The van der Waals surface area contributed by atoms with E-state index in [1.807, 2.05) is 23.9 Å². The van der Waals surface area contributed by atoms with Crippen LogP contribution in [0, 0.1) is 6.92 Å². The molecule has 1 saturated heterocycles. The minimum absolute atomic E-state index is 0.244. The molecule has 2 N–H and O–H groups in total. The largest absolute Gasteiger partial charge is 0.389 e. The lowest BCUT2D eigenvalue weighted by atomic mass is 9.99. The summed E-state index contributed by atoms with van der Waals surface area (Å²) < 4.78 is 5.21. The smallest absolute Gasteiger partial charge is 0.270 e. The van der Waals surface area contributed by atoms with E-state index in [9.17, 15) is 9.90 Å². The highest BCUT2D eigenvalue weighted by atomic mass is 32.1. The number of pyridine rings is 1. The zero-order valence-corrected chi connectivity index (χ0v) is 17.0. The van der Waals surface area contributed by atoms with Gasteiger partial charge in [0.1, 0.15) is 5.69 Å². The molecule has 4 rings (SSSR count). The fourth-order valence-corrected chi connectivity index (χ4v) is 3.94. The van der Waals surface area contributed by atoms with Crippen molar-refractivity contribution in [3.63, 3.8) is 0 Å². The topological polar surface area (TPSA) is 84.3 Å². The molecule has 0 aliphatic carbocycles. The maximum atomic E-state index is 12.6. The van der Waals surface area contributed by atoms with E-state index in [4.69, 9.17) is 4.74 Å². The van der Waals surface area contributed by atoms with Crippen molar-refractivity contribution in [1.29, 1.82) is 0 Å². The highest BCUT2D eigenvalue weighted by molar-refractivity contribution is 7.07. The second-order valence-electron chi connectivity index (χ2n) is 7.25. The molecule has 1 amide bonds. The minimum Gasteiger partial charge on any atom is -0.389 e. The van der Waals surface area contributed by atoms with Crippen molar-refractivity contribution in [2.75, 3.05) is 13.2 Å². The Labute approximate surface area is 173 Å². The molecule has 1 aromatic carbocycles. The summed E-state index contributed by atoms with van der Waals surface area (Å²) in [5, 5.41) is 14.9. The third-order valence-corrected chi connectivity index (χ3v) is 5.75. The normalized spacial score (nSPS) is 19.1. The van der Waals surface area contributed by atoms with E-state index in [2.05, 4.69) is 39.6 Å². The van der Waals surface area contributed by atoms with Gasteiger partial charge in [-0.05, 0) is 42.5 Å². The number of amides is 1. The third kappa shape index (κ3) is 4.70. The molecule has 6 nitrogen and oxygen atoms in total. The van der Waals surface area contributed by atoms with Crippen molar-refractivity contribution in [1.82, 2.24) is 15.3 Å². The Morgan fingerprint density at radius 2 is 2.14 bits per heavy atom. The molecule has 2 atom stereocenters. The molecule has 0 bridgehead atoms. The molecule has 150 valence electrons. The zero-order chi connectivity index (χ0) is 20.2. The highest BCUT2D eigenvalue weighted by Crippen LogP contribution is 2.21. The van der Waals surface area contributed by atoms with Gasteiger partial charge in [0, 0.05) is 23.7 Å². The lowest BCUT2D eigenvalue weighted by Gasteiger charge is -2.28. The van der Waals surface area contributed by atoms with Gasteiger partial charge in [-0.1, -0.05) is 24.3 Å².